The van der Waals surface area contributed by atoms with Gasteiger partial charge in [-0.1, -0.05) is 120 Å². The molecule has 0 aliphatic carbocycles. The molecule has 0 fully saturated rings. The highest BCUT2D eigenvalue weighted by Gasteiger charge is 2.14. The molecule has 0 saturated carbocycles. The number of hydrogen-bond donors (Lipinski definition) is 1. The van der Waals surface area contributed by atoms with Crippen molar-refractivity contribution in [1.29, 1.82) is 0 Å². The summed E-state index contributed by atoms with van der Waals surface area (Å²) < 4.78 is 0. The number of aliphatic hydroxyl groups excluding tert-OH is 1. The Balaban J connectivity index is 0.000000279. The molecule has 0 amide bonds. The van der Waals surface area contributed by atoms with Crippen molar-refractivity contribution in [2.24, 2.45) is 0 Å². The second-order valence-electron chi connectivity index (χ2n) is 6.17. The van der Waals surface area contributed by atoms with E-state index in [2.05, 4.69) is 107 Å². The first-order chi connectivity index (χ1) is 13.4. The maximum absolute atomic E-state index is 8.35. The maximum atomic E-state index is 8.35. The zero-order chi connectivity index (χ0) is 19.2. The SMILES string of the molecule is OCCCCCCBr.c1ccc(P(c2ccccc2)c2ccccc2)cc1. The summed E-state index contributed by atoms with van der Waals surface area (Å²) in [6, 6.07) is 32.3. The van der Waals surface area contributed by atoms with Gasteiger partial charge in [-0.2, -0.15) is 0 Å². The predicted molar refractivity (Wildman–Crippen MR) is 124 cm³/mol. The molecule has 0 aliphatic heterocycles. The van der Waals surface area contributed by atoms with Gasteiger partial charge in [-0.3, -0.25) is 0 Å². The Hall–Kier alpha value is -1.47. The zero-order valence-corrected chi connectivity index (χ0v) is 18.2. The lowest BCUT2D eigenvalue weighted by molar-refractivity contribution is 0.283. The average Bonchev–Trinajstić information content (AvgIpc) is 2.74. The Labute approximate surface area is 173 Å². The Morgan fingerprint density at radius 2 is 0.926 bits per heavy atom. The highest BCUT2D eigenvalue weighted by atomic mass is 79.9. The molecule has 0 bridgehead atoms. The number of alkyl halides is 1. The highest BCUT2D eigenvalue weighted by molar-refractivity contribution is 9.09. The van der Waals surface area contributed by atoms with Crippen LogP contribution in [0.5, 0.6) is 0 Å². The molecule has 0 unspecified atom stereocenters. The quantitative estimate of drug-likeness (QED) is 0.282. The van der Waals surface area contributed by atoms with Gasteiger partial charge in [-0.05, 0) is 36.7 Å². The van der Waals surface area contributed by atoms with Crippen molar-refractivity contribution in [3.8, 4) is 0 Å². The van der Waals surface area contributed by atoms with E-state index in [-0.39, 0.29) is 0 Å². The van der Waals surface area contributed by atoms with E-state index in [9.17, 15) is 0 Å². The smallest absolute Gasteiger partial charge is 0.0431 e. The molecule has 0 radical (unpaired) electrons. The van der Waals surface area contributed by atoms with Crippen molar-refractivity contribution in [3.63, 3.8) is 0 Å². The molecule has 0 atom stereocenters. The molecule has 27 heavy (non-hydrogen) atoms. The van der Waals surface area contributed by atoms with Crippen LogP contribution in [0.1, 0.15) is 25.7 Å². The minimum absolute atomic E-state index is 0.349. The first-order valence-electron chi connectivity index (χ1n) is 9.49. The van der Waals surface area contributed by atoms with Crippen molar-refractivity contribution < 1.29 is 5.11 Å². The molecular formula is C24H28BrOP. The van der Waals surface area contributed by atoms with Crippen LogP contribution in [-0.2, 0) is 0 Å². The van der Waals surface area contributed by atoms with Crippen molar-refractivity contribution in [2.75, 3.05) is 11.9 Å². The van der Waals surface area contributed by atoms with Gasteiger partial charge in [0.1, 0.15) is 0 Å². The number of aliphatic hydroxyl groups is 1. The Bertz CT molecular complexity index is 619. The van der Waals surface area contributed by atoms with Gasteiger partial charge in [-0.15, -0.1) is 0 Å². The van der Waals surface area contributed by atoms with Gasteiger partial charge < -0.3 is 5.11 Å². The van der Waals surface area contributed by atoms with Crippen molar-refractivity contribution >= 4 is 39.8 Å². The number of benzene rings is 3. The van der Waals surface area contributed by atoms with Crippen molar-refractivity contribution in [3.05, 3.63) is 91.0 Å². The van der Waals surface area contributed by atoms with Crippen LogP contribution >= 0.6 is 23.9 Å². The number of halogens is 1. The van der Waals surface area contributed by atoms with E-state index in [1.54, 1.807) is 0 Å². The van der Waals surface area contributed by atoms with Crippen LogP contribution in [-0.4, -0.2) is 17.0 Å². The molecule has 3 aromatic carbocycles. The van der Waals surface area contributed by atoms with Crippen LogP contribution in [0.4, 0.5) is 0 Å². The van der Waals surface area contributed by atoms with Gasteiger partial charge in [-0.25, -0.2) is 0 Å². The van der Waals surface area contributed by atoms with Gasteiger partial charge in [0.15, 0.2) is 0 Å². The van der Waals surface area contributed by atoms with E-state index in [1.807, 2.05) is 0 Å². The molecule has 0 aliphatic rings. The van der Waals surface area contributed by atoms with E-state index < -0.39 is 7.92 Å². The summed E-state index contributed by atoms with van der Waals surface area (Å²) in [4.78, 5) is 0. The standard InChI is InChI=1S/C18H15P.C6H13BrO/c1-4-10-16(11-5-1)19(17-12-6-2-7-13-17)18-14-8-3-9-15-18;7-5-3-1-2-4-6-8/h1-15H;8H,1-6H2. The molecule has 3 aromatic rings. The number of rotatable bonds is 8. The summed E-state index contributed by atoms with van der Waals surface area (Å²) in [6.45, 7) is 0.349. The van der Waals surface area contributed by atoms with E-state index in [0.29, 0.717) is 6.61 Å². The summed E-state index contributed by atoms with van der Waals surface area (Å²) in [5.74, 6) is 0. The number of unbranched alkanes of at least 4 members (excludes halogenated alkanes) is 3. The van der Waals surface area contributed by atoms with Gasteiger partial charge in [0.05, 0.1) is 0 Å². The first-order valence-corrected chi connectivity index (χ1v) is 11.9. The van der Waals surface area contributed by atoms with Crippen molar-refractivity contribution in [2.45, 2.75) is 25.7 Å². The maximum Gasteiger partial charge on any atom is 0.0431 e. The third-order valence-corrected chi connectivity index (χ3v) is 7.09. The number of hydrogen-bond acceptors (Lipinski definition) is 1. The predicted octanol–water partition coefficient (Wildman–Crippen LogP) is 5.38. The monoisotopic (exact) mass is 442 g/mol. The Morgan fingerprint density at radius 1 is 0.556 bits per heavy atom. The summed E-state index contributed by atoms with van der Waals surface area (Å²) in [7, 11) is -0.446. The van der Waals surface area contributed by atoms with Crippen LogP contribution in [0.2, 0.25) is 0 Å². The lowest BCUT2D eigenvalue weighted by atomic mass is 10.2. The van der Waals surface area contributed by atoms with E-state index in [0.717, 1.165) is 11.8 Å². The van der Waals surface area contributed by atoms with Gasteiger partial charge >= 0.3 is 0 Å². The minimum atomic E-state index is -0.446. The van der Waals surface area contributed by atoms with Crippen LogP contribution in [0.3, 0.4) is 0 Å². The van der Waals surface area contributed by atoms with E-state index in [1.165, 1.54) is 35.2 Å². The average molecular weight is 443 g/mol. The summed E-state index contributed by atoms with van der Waals surface area (Å²) in [6.07, 6.45) is 4.61. The summed E-state index contributed by atoms with van der Waals surface area (Å²) in [5.41, 5.74) is 0. The Morgan fingerprint density at radius 3 is 1.26 bits per heavy atom. The molecule has 1 N–H and O–H groups in total. The second kappa shape index (κ2) is 13.7. The molecule has 142 valence electrons. The molecule has 0 aromatic heterocycles. The fourth-order valence-electron chi connectivity index (χ4n) is 2.74. The van der Waals surface area contributed by atoms with E-state index in [4.69, 9.17) is 5.11 Å². The van der Waals surface area contributed by atoms with E-state index >= 15 is 0 Å². The lowest BCUT2D eigenvalue weighted by Gasteiger charge is -2.18. The topological polar surface area (TPSA) is 20.2 Å². The Kier molecular flexibility index (Phi) is 11.0. The van der Waals surface area contributed by atoms with Crippen LogP contribution < -0.4 is 15.9 Å². The summed E-state index contributed by atoms with van der Waals surface area (Å²) >= 11 is 3.34. The summed E-state index contributed by atoms with van der Waals surface area (Å²) in [5, 5.41) is 13.6. The van der Waals surface area contributed by atoms with Gasteiger partial charge in [0, 0.05) is 11.9 Å². The molecule has 3 heteroatoms. The van der Waals surface area contributed by atoms with Crippen LogP contribution in [0.15, 0.2) is 91.0 Å². The molecule has 0 spiro atoms. The second-order valence-corrected chi connectivity index (χ2v) is 9.18. The third kappa shape index (κ3) is 7.97. The molecule has 1 nitrogen and oxygen atoms in total. The minimum Gasteiger partial charge on any atom is -0.396 e. The molecule has 0 heterocycles. The largest absolute Gasteiger partial charge is 0.396 e. The van der Waals surface area contributed by atoms with Gasteiger partial charge in [0.2, 0.25) is 0 Å². The third-order valence-electron chi connectivity index (χ3n) is 4.08. The van der Waals surface area contributed by atoms with Crippen LogP contribution in [0, 0.1) is 0 Å². The van der Waals surface area contributed by atoms with Gasteiger partial charge in [0.25, 0.3) is 0 Å². The molecule has 0 saturated heterocycles. The van der Waals surface area contributed by atoms with Crippen molar-refractivity contribution in [1.82, 2.24) is 0 Å². The zero-order valence-electron chi connectivity index (χ0n) is 15.7. The molecule has 3 rings (SSSR count). The first kappa shape index (κ1) is 21.8. The highest BCUT2D eigenvalue weighted by Crippen LogP contribution is 2.32. The lowest BCUT2D eigenvalue weighted by Crippen LogP contribution is -2.20. The fourth-order valence-corrected chi connectivity index (χ4v) is 5.44. The normalized spacial score (nSPS) is 10.3. The molecular weight excluding hydrogens is 415 g/mol. The fraction of sp³-hybridized carbons (Fsp3) is 0.250. The van der Waals surface area contributed by atoms with Crippen LogP contribution in [0.25, 0.3) is 0 Å².